The van der Waals surface area contributed by atoms with Gasteiger partial charge in [-0.3, -0.25) is 13.9 Å². The Balaban J connectivity index is 2.19. The van der Waals surface area contributed by atoms with Crippen molar-refractivity contribution < 1.29 is 18.0 Å². The normalized spacial score (nSPS) is 12.3. The van der Waals surface area contributed by atoms with Gasteiger partial charge in [-0.25, -0.2) is 8.42 Å². The summed E-state index contributed by atoms with van der Waals surface area (Å²) in [6.45, 7) is 6.34. The highest BCUT2D eigenvalue weighted by Gasteiger charge is 2.27. The van der Waals surface area contributed by atoms with E-state index >= 15 is 0 Å². The van der Waals surface area contributed by atoms with E-state index < -0.39 is 16.1 Å². The van der Waals surface area contributed by atoms with Gasteiger partial charge < -0.3 is 10.2 Å². The van der Waals surface area contributed by atoms with Crippen molar-refractivity contribution in [3.05, 3.63) is 63.1 Å². The van der Waals surface area contributed by atoms with Crippen LogP contribution in [0.1, 0.15) is 39.2 Å². The van der Waals surface area contributed by atoms with Crippen LogP contribution in [-0.2, 0) is 26.2 Å². The van der Waals surface area contributed by atoms with Crippen molar-refractivity contribution in [1.29, 1.82) is 0 Å². The van der Waals surface area contributed by atoms with Crippen molar-refractivity contribution >= 4 is 62.3 Å². The Labute approximate surface area is 228 Å². The number of carbonyl (C=O) groups is 2. The third-order valence-electron chi connectivity index (χ3n) is 5.42. The summed E-state index contributed by atoms with van der Waals surface area (Å²) in [5.74, 6) is -0.283. The number of benzene rings is 2. The van der Waals surface area contributed by atoms with Crippen LogP contribution in [0, 0.1) is 5.92 Å². The number of nitrogens with one attached hydrogen (secondary N) is 1. The van der Waals surface area contributed by atoms with Gasteiger partial charge in [-0.1, -0.05) is 60.8 Å². The van der Waals surface area contributed by atoms with Crippen molar-refractivity contribution in [1.82, 2.24) is 10.2 Å². The van der Waals surface area contributed by atoms with E-state index in [9.17, 15) is 18.0 Å². The first-order chi connectivity index (χ1) is 16.8. The minimum absolute atomic E-state index is 0.0174. The number of halogens is 3. The average Bonchev–Trinajstić information content (AvgIpc) is 2.79. The SMILES string of the molecule is CC(C)CNC(=O)[C@H](C)N(Cc1cccc(Cl)c1)C(=O)CCCN(c1cc(Cl)ccc1Cl)S(C)(=O)=O. The van der Waals surface area contributed by atoms with Crippen molar-refractivity contribution in [2.24, 2.45) is 5.92 Å². The van der Waals surface area contributed by atoms with Crippen LogP contribution in [0.15, 0.2) is 42.5 Å². The van der Waals surface area contributed by atoms with Crippen LogP contribution in [0.2, 0.25) is 15.1 Å². The number of hydrogen-bond acceptors (Lipinski definition) is 4. The smallest absolute Gasteiger partial charge is 0.242 e. The zero-order valence-corrected chi connectivity index (χ0v) is 23.9. The molecular weight excluding hydrogens is 545 g/mol. The second-order valence-corrected chi connectivity index (χ2v) is 12.2. The molecule has 1 N–H and O–H groups in total. The molecule has 0 radical (unpaired) electrons. The van der Waals surface area contributed by atoms with Gasteiger partial charge in [-0.2, -0.15) is 0 Å². The molecule has 0 aliphatic rings. The van der Waals surface area contributed by atoms with Crippen LogP contribution in [0.3, 0.4) is 0 Å². The van der Waals surface area contributed by atoms with Crippen LogP contribution in [-0.4, -0.2) is 50.5 Å². The molecule has 0 aliphatic carbocycles. The average molecular weight is 577 g/mol. The van der Waals surface area contributed by atoms with Crippen LogP contribution < -0.4 is 9.62 Å². The van der Waals surface area contributed by atoms with Gasteiger partial charge in [-0.05, 0) is 55.2 Å². The van der Waals surface area contributed by atoms with E-state index in [1.165, 1.54) is 17.0 Å². The molecule has 36 heavy (non-hydrogen) atoms. The largest absolute Gasteiger partial charge is 0.354 e. The molecule has 7 nitrogen and oxygen atoms in total. The van der Waals surface area contributed by atoms with Crippen molar-refractivity contribution in [2.45, 2.75) is 46.2 Å². The number of sulfonamides is 1. The molecule has 2 rings (SSSR count). The first-order valence-corrected chi connectivity index (χ1v) is 14.5. The van der Waals surface area contributed by atoms with E-state index in [1.54, 1.807) is 31.2 Å². The van der Waals surface area contributed by atoms with Crippen molar-refractivity contribution in [3.63, 3.8) is 0 Å². The predicted octanol–water partition coefficient (Wildman–Crippen LogP) is 5.38. The van der Waals surface area contributed by atoms with Crippen LogP contribution in [0.25, 0.3) is 0 Å². The fourth-order valence-electron chi connectivity index (χ4n) is 3.53. The van der Waals surface area contributed by atoms with Crippen molar-refractivity contribution in [3.8, 4) is 0 Å². The maximum absolute atomic E-state index is 13.3. The van der Waals surface area contributed by atoms with E-state index in [-0.39, 0.29) is 54.4 Å². The third kappa shape index (κ3) is 9.14. The summed E-state index contributed by atoms with van der Waals surface area (Å²) in [6, 6.07) is 10.9. The molecule has 0 saturated heterocycles. The zero-order chi connectivity index (χ0) is 27.0. The van der Waals surface area contributed by atoms with Gasteiger partial charge in [0.25, 0.3) is 0 Å². The quantitative estimate of drug-likeness (QED) is 0.367. The monoisotopic (exact) mass is 575 g/mol. The van der Waals surface area contributed by atoms with E-state index in [4.69, 9.17) is 34.8 Å². The predicted molar refractivity (Wildman–Crippen MR) is 147 cm³/mol. The number of rotatable bonds is 12. The Kier molecular flexibility index (Phi) is 11.3. The Morgan fingerprint density at radius 2 is 1.67 bits per heavy atom. The molecule has 0 unspecified atom stereocenters. The molecule has 1 atom stereocenters. The summed E-state index contributed by atoms with van der Waals surface area (Å²) in [6.07, 6.45) is 1.30. The fourth-order valence-corrected chi connectivity index (χ4v) is 5.14. The Hall–Kier alpha value is -2.00. The minimum atomic E-state index is -3.69. The van der Waals surface area contributed by atoms with Gasteiger partial charge in [0.15, 0.2) is 0 Å². The number of amides is 2. The van der Waals surface area contributed by atoms with Crippen LogP contribution in [0.4, 0.5) is 5.69 Å². The zero-order valence-electron chi connectivity index (χ0n) is 20.8. The van der Waals surface area contributed by atoms with E-state index in [2.05, 4.69) is 5.32 Å². The highest BCUT2D eigenvalue weighted by Crippen LogP contribution is 2.31. The first-order valence-electron chi connectivity index (χ1n) is 11.5. The summed E-state index contributed by atoms with van der Waals surface area (Å²) in [5.41, 5.74) is 1.03. The summed E-state index contributed by atoms with van der Waals surface area (Å²) in [4.78, 5) is 27.6. The molecule has 0 aliphatic heterocycles. The molecule has 0 fully saturated rings. The molecule has 0 bridgehead atoms. The number of hydrogen-bond donors (Lipinski definition) is 1. The number of nitrogens with zero attached hydrogens (tertiary/aromatic N) is 2. The number of anilines is 1. The van der Waals surface area contributed by atoms with E-state index in [1.807, 2.05) is 19.9 Å². The third-order valence-corrected chi connectivity index (χ3v) is 7.39. The van der Waals surface area contributed by atoms with Gasteiger partial charge in [-0.15, -0.1) is 0 Å². The van der Waals surface area contributed by atoms with E-state index in [0.29, 0.717) is 16.6 Å². The lowest BCUT2D eigenvalue weighted by Gasteiger charge is -2.30. The molecule has 0 saturated carbocycles. The highest BCUT2D eigenvalue weighted by atomic mass is 35.5. The fraction of sp³-hybridized carbons (Fsp3) is 0.440. The van der Waals surface area contributed by atoms with Gasteiger partial charge >= 0.3 is 0 Å². The molecule has 11 heteroatoms. The second kappa shape index (κ2) is 13.5. The highest BCUT2D eigenvalue weighted by molar-refractivity contribution is 7.92. The van der Waals surface area contributed by atoms with Gasteiger partial charge in [0.2, 0.25) is 21.8 Å². The molecule has 0 heterocycles. The molecule has 0 aromatic heterocycles. The lowest BCUT2D eigenvalue weighted by molar-refractivity contribution is -0.140. The summed E-state index contributed by atoms with van der Waals surface area (Å²) in [7, 11) is -3.69. The Bertz CT molecular complexity index is 1170. The van der Waals surface area contributed by atoms with Crippen LogP contribution >= 0.6 is 34.8 Å². The molecule has 0 spiro atoms. The molecule has 2 amide bonds. The lowest BCUT2D eigenvalue weighted by Crippen LogP contribution is -2.48. The molecular formula is C25H32Cl3N3O4S. The minimum Gasteiger partial charge on any atom is -0.354 e. The second-order valence-electron chi connectivity index (χ2n) is 9.00. The van der Waals surface area contributed by atoms with E-state index in [0.717, 1.165) is 16.1 Å². The Morgan fingerprint density at radius 3 is 2.28 bits per heavy atom. The summed E-state index contributed by atoms with van der Waals surface area (Å²) < 4.78 is 26.1. The first kappa shape index (κ1) is 30.2. The van der Waals surface area contributed by atoms with Crippen LogP contribution in [0.5, 0.6) is 0 Å². The lowest BCUT2D eigenvalue weighted by atomic mass is 10.1. The molecule has 2 aromatic rings. The summed E-state index contributed by atoms with van der Waals surface area (Å²) >= 11 is 18.4. The molecule has 198 valence electrons. The topological polar surface area (TPSA) is 86.8 Å². The summed E-state index contributed by atoms with van der Waals surface area (Å²) in [5, 5.41) is 3.97. The van der Waals surface area contributed by atoms with Crippen molar-refractivity contribution in [2.75, 3.05) is 23.7 Å². The standard InChI is InChI=1S/C25H32Cl3N3O4S/c1-17(2)15-29-25(33)18(3)30(16-19-7-5-8-20(26)13-19)24(32)9-6-12-31(36(4,34)35)23-14-21(27)10-11-22(23)28/h5,7-8,10-11,13-14,17-18H,6,9,12,15-16H2,1-4H3,(H,29,33)/t18-/m0/s1. The number of carbonyl (C=O) groups excluding carboxylic acids is 2. The van der Waals surface area contributed by atoms with Gasteiger partial charge in [0.05, 0.1) is 17.0 Å². The van der Waals surface area contributed by atoms with Gasteiger partial charge in [0, 0.05) is 36.1 Å². The molecule has 2 aromatic carbocycles. The Morgan fingerprint density at radius 1 is 1.00 bits per heavy atom. The maximum atomic E-state index is 13.3. The maximum Gasteiger partial charge on any atom is 0.242 e. The van der Waals surface area contributed by atoms with Gasteiger partial charge in [0.1, 0.15) is 6.04 Å².